The van der Waals surface area contributed by atoms with E-state index >= 15 is 0 Å². The Kier molecular flexibility index (Phi) is 4.93. The van der Waals surface area contributed by atoms with Gasteiger partial charge in [0.1, 0.15) is 5.82 Å². The van der Waals surface area contributed by atoms with Gasteiger partial charge in [-0.2, -0.15) is 4.99 Å². The maximum absolute atomic E-state index is 13.3. The van der Waals surface area contributed by atoms with Crippen molar-refractivity contribution in [1.29, 1.82) is 0 Å². The summed E-state index contributed by atoms with van der Waals surface area (Å²) < 4.78 is 15.9. The van der Waals surface area contributed by atoms with Crippen LogP contribution in [0.15, 0.2) is 58.4 Å². The van der Waals surface area contributed by atoms with Gasteiger partial charge in [-0.1, -0.05) is 29.5 Å². The first-order valence-electron chi connectivity index (χ1n) is 7.14. The Morgan fingerprint density at radius 3 is 2.83 bits per heavy atom. The molecule has 6 heteroatoms. The number of thiazole rings is 1. The number of aryl methyl sites for hydroxylation is 1. The Bertz CT molecular complexity index is 900. The molecule has 0 aliphatic rings. The molecule has 118 valence electrons. The number of aromatic nitrogens is 1. The Hall–Kier alpha value is -1.92. The van der Waals surface area contributed by atoms with Crippen LogP contribution in [-0.2, 0) is 11.8 Å². The van der Waals surface area contributed by atoms with Crippen molar-refractivity contribution in [3.8, 4) is 0 Å². The third-order valence-electron chi connectivity index (χ3n) is 3.32. The van der Waals surface area contributed by atoms with Crippen LogP contribution < -0.4 is 4.80 Å². The van der Waals surface area contributed by atoms with Gasteiger partial charge in [0.2, 0.25) is 5.91 Å². The Labute approximate surface area is 141 Å². The average molecular weight is 346 g/mol. The summed E-state index contributed by atoms with van der Waals surface area (Å²) in [4.78, 5) is 17.9. The minimum absolute atomic E-state index is 0.156. The zero-order chi connectivity index (χ0) is 16.2. The lowest BCUT2D eigenvalue weighted by molar-refractivity contribution is -0.117. The number of amides is 1. The van der Waals surface area contributed by atoms with E-state index in [1.165, 1.54) is 23.5 Å². The molecule has 23 heavy (non-hydrogen) atoms. The summed E-state index contributed by atoms with van der Waals surface area (Å²) in [6.07, 6.45) is 0.377. The quantitative estimate of drug-likeness (QED) is 0.670. The van der Waals surface area contributed by atoms with Crippen molar-refractivity contribution >= 4 is 39.2 Å². The van der Waals surface area contributed by atoms with Gasteiger partial charge in [-0.05, 0) is 30.3 Å². The molecule has 1 amide bonds. The fraction of sp³-hybridized carbons (Fsp3) is 0.176. The lowest BCUT2D eigenvalue weighted by Gasteiger charge is -1.98. The molecule has 2 aromatic carbocycles. The van der Waals surface area contributed by atoms with Gasteiger partial charge in [-0.15, -0.1) is 11.8 Å². The Morgan fingerprint density at radius 1 is 1.26 bits per heavy atom. The predicted octanol–water partition coefficient (Wildman–Crippen LogP) is 3.99. The van der Waals surface area contributed by atoms with Crippen LogP contribution in [0.5, 0.6) is 0 Å². The van der Waals surface area contributed by atoms with Crippen molar-refractivity contribution < 1.29 is 9.18 Å². The highest BCUT2D eigenvalue weighted by atomic mass is 32.2. The topological polar surface area (TPSA) is 34.4 Å². The van der Waals surface area contributed by atoms with Crippen LogP contribution in [-0.4, -0.2) is 16.2 Å². The monoisotopic (exact) mass is 346 g/mol. The lowest BCUT2D eigenvalue weighted by Crippen LogP contribution is -2.13. The van der Waals surface area contributed by atoms with Crippen LogP contribution in [0.3, 0.4) is 0 Å². The fourth-order valence-corrected chi connectivity index (χ4v) is 4.07. The van der Waals surface area contributed by atoms with Gasteiger partial charge in [0.25, 0.3) is 0 Å². The van der Waals surface area contributed by atoms with Gasteiger partial charge < -0.3 is 4.57 Å². The predicted molar refractivity (Wildman–Crippen MR) is 93.1 cm³/mol. The van der Waals surface area contributed by atoms with Crippen molar-refractivity contribution in [3.63, 3.8) is 0 Å². The van der Waals surface area contributed by atoms with Crippen LogP contribution in [0.2, 0.25) is 0 Å². The van der Waals surface area contributed by atoms with Gasteiger partial charge in [0.15, 0.2) is 4.80 Å². The van der Waals surface area contributed by atoms with E-state index in [1.54, 1.807) is 17.8 Å². The van der Waals surface area contributed by atoms with Gasteiger partial charge in [0, 0.05) is 24.1 Å². The number of benzene rings is 2. The molecule has 0 bridgehead atoms. The van der Waals surface area contributed by atoms with Gasteiger partial charge >= 0.3 is 0 Å². The third kappa shape index (κ3) is 3.89. The number of halogens is 1. The van der Waals surface area contributed by atoms with E-state index in [2.05, 4.69) is 4.99 Å². The van der Waals surface area contributed by atoms with E-state index in [4.69, 9.17) is 0 Å². The Morgan fingerprint density at radius 2 is 2.04 bits per heavy atom. The maximum atomic E-state index is 13.3. The molecule has 1 heterocycles. The van der Waals surface area contributed by atoms with E-state index in [9.17, 15) is 9.18 Å². The number of hydrogen-bond acceptors (Lipinski definition) is 3. The third-order valence-corrected chi connectivity index (χ3v) is 5.43. The van der Waals surface area contributed by atoms with Crippen molar-refractivity contribution in [1.82, 2.24) is 4.57 Å². The maximum Gasteiger partial charge on any atom is 0.249 e. The second kappa shape index (κ2) is 7.10. The highest BCUT2D eigenvalue weighted by Crippen LogP contribution is 2.19. The second-order valence-electron chi connectivity index (χ2n) is 4.97. The Balaban J connectivity index is 1.71. The van der Waals surface area contributed by atoms with Gasteiger partial charge in [-0.3, -0.25) is 4.79 Å². The molecule has 0 spiro atoms. The molecule has 0 aliphatic heterocycles. The molecule has 0 unspecified atom stereocenters. The average Bonchev–Trinajstić information content (AvgIpc) is 2.83. The molecule has 3 aromatic rings. The molecule has 3 rings (SSSR count). The number of carbonyl (C=O) groups excluding carboxylic acids is 1. The summed E-state index contributed by atoms with van der Waals surface area (Å²) >= 11 is 2.96. The first-order chi connectivity index (χ1) is 11.1. The number of fused-ring (bicyclic) bond motifs is 1. The number of thioether (sulfide) groups is 1. The zero-order valence-corrected chi connectivity index (χ0v) is 14.2. The van der Waals surface area contributed by atoms with Crippen LogP contribution in [0.25, 0.3) is 10.2 Å². The van der Waals surface area contributed by atoms with Crippen LogP contribution in [0.4, 0.5) is 4.39 Å². The molecular weight excluding hydrogens is 331 g/mol. The molecule has 0 N–H and O–H groups in total. The molecule has 0 radical (unpaired) electrons. The fourth-order valence-electron chi connectivity index (χ4n) is 2.15. The molecule has 1 aromatic heterocycles. The van der Waals surface area contributed by atoms with Crippen LogP contribution in [0, 0.1) is 5.82 Å². The molecule has 0 atom stereocenters. The molecule has 0 saturated heterocycles. The van der Waals surface area contributed by atoms with E-state index in [-0.39, 0.29) is 11.7 Å². The molecular formula is C17H15FN2OS2. The largest absolute Gasteiger partial charge is 0.319 e. The standard InChI is InChI=1S/C17H15FN2OS2/c1-20-14-8-7-12(18)11-15(14)23-17(20)19-16(21)9-10-22-13-5-3-2-4-6-13/h2-8,11H,9-10H2,1H3. The van der Waals surface area contributed by atoms with E-state index in [0.717, 1.165) is 15.1 Å². The summed E-state index contributed by atoms with van der Waals surface area (Å²) in [6, 6.07) is 14.5. The first kappa shape index (κ1) is 16.0. The highest BCUT2D eigenvalue weighted by Gasteiger charge is 2.06. The number of rotatable bonds is 4. The first-order valence-corrected chi connectivity index (χ1v) is 8.94. The molecule has 0 aliphatic carbocycles. The van der Waals surface area contributed by atoms with Crippen molar-refractivity contribution in [2.75, 3.05) is 5.75 Å². The molecule has 0 fully saturated rings. The summed E-state index contributed by atoms with van der Waals surface area (Å²) in [5.41, 5.74) is 0.876. The highest BCUT2D eigenvalue weighted by molar-refractivity contribution is 7.99. The minimum atomic E-state index is -0.281. The van der Waals surface area contributed by atoms with Crippen LogP contribution in [0.1, 0.15) is 6.42 Å². The summed E-state index contributed by atoms with van der Waals surface area (Å²) in [5.74, 6) is 0.253. The normalized spacial score (nSPS) is 12.0. The smallest absolute Gasteiger partial charge is 0.249 e. The number of carbonyl (C=O) groups is 1. The van der Waals surface area contributed by atoms with Crippen molar-refractivity contribution in [2.24, 2.45) is 12.0 Å². The molecule has 0 saturated carbocycles. The van der Waals surface area contributed by atoms with Gasteiger partial charge in [0.05, 0.1) is 10.2 Å². The van der Waals surface area contributed by atoms with Crippen molar-refractivity contribution in [3.05, 3.63) is 59.1 Å². The second-order valence-corrected chi connectivity index (χ2v) is 7.15. The lowest BCUT2D eigenvalue weighted by atomic mass is 10.3. The zero-order valence-electron chi connectivity index (χ0n) is 12.5. The summed E-state index contributed by atoms with van der Waals surface area (Å²) in [7, 11) is 1.83. The SMILES string of the molecule is Cn1c(=NC(=O)CCSc2ccccc2)sc2cc(F)ccc21. The van der Waals surface area contributed by atoms with E-state index < -0.39 is 0 Å². The number of hydrogen-bond donors (Lipinski definition) is 0. The minimum Gasteiger partial charge on any atom is -0.319 e. The van der Waals surface area contributed by atoms with Crippen molar-refractivity contribution in [2.45, 2.75) is 11.3 Å². The van der Waals surface area contributed by atoms with E-state index in [1.807, 2.05) is 41.9 Å². The van der Waals surface area contributed by atoms with Crippen LogP contribution >= 0.6 is 23.1 Å². The van der Waals surface area contributed by atoms with E-state index in [0.29, 0.717) is 17.0 Å². The number of nitrogens with zero attached hydrogens (tertiary/aromatic N) is 2. The summed E-state index contributed by atoms with van der Waals surface area (Å²) in [5, 5.41) is 0. The van der Waals surface area contributed by atoms with Gasteiger partial charge in [-0.25, -0.2) is 4.39 Å². The molecule has 3 nitrogen and oxygen atoms in total. The summed E-state index contributed by atoms with van der Waals surface area (Å²) in [6.45, 7) is 0.